The number of hydrogen-bond donors (Lipinski definition) is 3. The minimum Gasteiger partial charge on any atom is -0.355 e. The molecule has 2 aromatic carbocycles. The standard InChI is InChI=1S/C22H25F2N3O2/c23-19-7-3-1-5-15(19)9-11-26-21(28)17-13-25-14-18(17)22(29)27-12-10-16-6-2-4-8-20(16)24/h1-8,17-18,25H,9-14H2,(H,26,28)(H,27,29)/t17-,18-/m1/s1. The summed E-state index contributed by atoms with van der Waals surface area (Å²) in [6.07, 6.45) is 0.774. The Hall–Kier alpha value is -2.80. The van der Waals surface area contributed by atoms with E-state index in [-0.39, 0.29) is 23.4 Å². The van der Waals surface area contributed by atoms with Crippen LogP contribution in [0.1, 0.15) is 11.1 Å². The van der Waals surface area contributed by atoms with E-state index in [1.165, 1.54) is 12.1 Å². The van der Waals surface area contributed by atoms with Gasteiger partial charge in [-0.05, 0) is 36.1 Å². The summed E-state index contributed by atoms with van der Waals surface area (Å²) in [7, 11) is 0. The number of rotatable bonds is 8. The highest BCUT2D eigenvalue weighted by molar-refractivity contribution is 5.88. The van der Waals surface area contributed by atoms with Crippen molar-refractivity contribution in [1.29, 1.82) is 0 Å². The number of halogens is 2. The summed E-state index contributed by atoms with van der Waals surface area (Å²) in [5.41, 5.74) is 1.08. The minimum absolute atomic E-state index is 0.222. The van der Waals surface area contributed by atoms with Crippen LogP contribution >= 0.6 is 0 Å². The smallest absolute Gasteiger partial charge is 0.225 e. The van der Waals surface area contributed by atoms with E-state index in [2.05, 4.69) is 16.0 Å². The molecule has 1 aliphatic rings. The molecule has 1 fully saturated rings. The van der Waals surface area contributed by atoms with Crippen LogP contribution in [-0.2, 0) is 22.4 Å². The number of benzene rings is 2. The van der Waals surface area contributed by atoms with Crippen LogP contribution in [0.25, 0.3) is 0 Å². The molecule has 29 heavy (non-hydrogen) atoms. The van der Waals surface area contributed by atoms with E-state index >= 15 is 0 Å². The van der Waals surface area contributed by atoms with Gasteiger partial charge in [-0.1, -0.05) is 36.4 Å². The quantitative estimate of drug-likeness (QED) is 0.632. The third-order valence-corrected chi connectivity index (χ3v) is 5.19. The predicted octanol–water partition coefficient (Wildman–Crippen LogP) is 1.82. The molecule has 2 atom stereocenters. The number of carbonyl (C=O) groups excluding carboxylic acids is 2. The maximum Gasteiger partial charge on any atom is 0.225 e. The number of amides is 2. The normalized spacial score (nSPS) is 18.4. The van der Waals surface area contributed by atoms with E-state index < -0.39 is 11.8 Å². The van der Waals surface area contributed by atoms with Crippen LogP contribution in [0, 0.1) is 23.5 Å². The molecule has 0 bridgehead atoms. The second-order valence-electron chi connectivity index (χ2n) is 7.14. The molecule has 5 nitrogen and oxygen atoms in total. The fourth-order valence-corrected chi connectivity index (χ4v) is 3.53. The largest absolute Gasteiger partial charge is 0.355 e. The lowest BCUT2D eigenvalue weighted by Crippen LogP contribution is -2.42. The average molecular weight is 401 g/mol. The van der Waals surface area contributed by atoms with Crippen LogP contribution in [0.4, 0.5) is 8.78 Å². The Labute approximate surface area is 168 Å². The van der Waals surface area contributed by atoms with Crippen molar-refractivity contribution in [3.8, 4) is 0 Å². The third-order valence-electron chi connectivity index (χ3n) is 5.19. The van der Waals surface area contributed by atoms with Crippen LogP contribution < -0.4 is 16.0 Å². The number of hydrogen-bond acceptors (Lipinski definition) is 3. The van der Waals surface area contributed by atoms with Crippen molar-refractivity contribution >= 4 is 11.8 Å². The average Bonchev–Trinajstić information content (AvgIpc) is 3.21. The molecule has 0 saturated carbocycles. The lowest BCUT2D eigenvalue weighted by atomic mass is 9.94. The monoisotopic (exact) mass is 401 g/mol. The molecule has 2 aromatic rings. The van der Waals surface area contributed by atoms with E-state index in [0.717, 1.165) is 0 Å². The van der Waals surface area contributed by atoms with Crippen LogP contribution in [0.3, 0.4) is 0 Å². The topological polar surface area (TPSA) is 70.2 Å². The molecule has 0 aliphatic carbocycles. The van der Waals surface area contributed by atoms with Gasteiger partial charge in [0.15, 0.2) is 0 Å². The van der Waals surface area contributed by atoms with E-state index in [4.69, 9.17) is 0 Å². The highest BCUT2D eigenvalue weighted by Crippen LogP contribution is 2.17. The summed E-state index contributed by atoms with van der Waals surface area (Å²) in [6, 6.07) is 12.9. The van der Waals surface area contributed by atoms with Gasteiger partial charge in [-0.15, -0.1) is 0 Å². The number of nitrogens with one attached hydrogen (secondary N) is 3. The third kappa shape index (κ3) is 5.60. The van der Waals surface area contributed by atoms with Gasteiger partial charge in [-0.3, -0.25) is 9.59 Å². The Morgan fingerprint density at radius 3 is 1.62 bits per heavy atom. The Bertz CT molecular complexity index is 790. The van der Waals surface area contributed by atoms with Crippen molar-refractivity contribution in [2.24, 2.45) is 11.8 Å². The molecule has 1 saturated heterocycles. The summed E-state index contributed by atoms with van der Waals surface area (Å²) in [5.74, 6) is -2.00. The van der Waals surface area contributed by atoms with Gasteiger partial charge in [0.25, 0.3) is 0 Å². The molecule has 154 valence electrons. The van der Waals surface area contributed by atoms with E-state index in [0.29, 0.717) is 50.1 Å². The Kier molecular flexibility index (Phi) is 7.30. The first kappa shape index (κ1) is 20.9. The first-order valence-electron chi connectivity index (χ1n) is 9.79. The lowest BCUT2D eigenvalue weighted by molar-refractivity contribution is -0.132. The molecule has 1 aliphatic heterocycles. The van der Waals surface area contributed by atoms with Gasteiger partial charge < -0.3 is 16.0 Å². The van der Waals surface area contributed by atoms with E-state index in [1.54, 1.807) is 36.4 Å². The van der Waals surface area contributed by atoms with Crippen molar-refractivity contribution in [2.45, 2.75) is 12.8 Å². The molecule has 3 rings (SSSR count). The Balaban J connectivity index is 1.45. The highest BCUT2D eigenvalue weighted by Gasteiger charge is 2.37. The maximum atomic E-state index is 13.6. The van der Waals surface area contributed by atoms with Crippen molar-refractivity contribution in [3.63, 3.8) is 0 Å². The summed E-state index contributed by atoms with van der Waals surface area (Å²) < 4.78 is 27.3. The molecule has 0 spiro atoms. The SMILES string of the molecule is O=C(NCCc1ccccc1F)[C@@H]1CNC[C@H]1C(=O)NCCc1ccccc1F. The first-order valence-corrected chi connectivity index (χ1v) is 9.79. The zero-order chi connectivity index (χ0) is 20.6. The van der Waals surface area contributed by atoms with Crippen LogP contribution in [-0.4, -0.2) is 38.0 Å². The second kappa shape index (κ2) is 10.1. The Morgan fingerprint density at radius 2 is 1.21 bits per heavy atom. The first-order chi connectivity index (χ1) is 14.1. The fraction of sp³-hybridized carbons (Fsp3) is 0.364. The lowest BCUT2D eigenvalue weighted by Gasteiger charge is -2.18. The summed E-state index contributed by atoms with van der Waals surface area (Å²) in [6.45, 7) is 1.43. The molecule has 0 aromatic heterocycles. The second-order valence-corrected chi connectivity index (χ2v) is 7.14. The molecule has 0 unspecified atom stereocenters. The van der Waals surface area contributed by atoms with Gasteiger partial charge in [0.05, 0.1) is 11.8 Å². The molecule has 1 heterocycles. The van der Waals surface area contributed by atoms with Gasteiger partial charge in [0.1, 0.15) is 11.6 Å². The van der Waals surface area contributed by atoms with Crippen LogP contribution in [0.2, 0.25) is 0 Å². The van der Waals surface area contributed by atoms with Gasteiger partial charge in [0, 0.05) is 26.2 Å². The molecule has 2 amide bonds. The van der Waals surface area contributed by atoms with Crippen molar-refractivity contribution < 1.29 is 18.4 Å². The molecular weight excluding hydrogens is 376 g/mol. The van der Waals surface area contributed by atoms with E-state index in [9.17, 15) is 18.4 Å². The Morgan fingerprint density at radius 1 is 0.793 bits per heavy atom. The molecule has 0 radical (unpaired) electrons. The summed E-state index contributed by atoms with van der Waals surface area (Å²) >= 11 is 0. The van der Waals surface area contributed by atoms with Gasteiger partial charge in [-0.2, -0.15) is 0 Å². The maximum absolute atomic E-state index is 13.6. The van der Waals surface area contributed by atoms with Crippen LogP contribution in [0.5, 0.6) is 0 Å². The predicted molar refractivity (Wildman–Crippen MR) is 106 cm³/mol. The van der Waals surface area contributed by atoms with Gasteiger partial charge in [0.2, 0.25) is 11.8 Å². The number of carbonyl (C=O) groups is 2. The van der Waals surface area contributed by atoms with E-state index in [1.807, 2.05) is 0 Å². The van der Waals surface area contributed by atoms with Crippen molar-refractivity contribution in [2.75, 3.05) is 26.2 Å². The fourth-order valence-electron chi connectivity index (χ4n) is 3.53. The zero-order valence-corrected chi connectivity index (χ0v) is 16.1. The molecular formula is C22H25F2N3O2. The highest BCUT2D eigenvalue weighted by atomic mass is 19.1. The van der Waals surface area contributed by atoms with Crippen molar-refractivity contribution in [3.05, 3.63) is 71.3 Å². The van der Waals surface area contributed by atoms with Crippen molar-refractivity contribution in [1.82, 2.24) is 16.0 Å². The van der Waals surface area contributed by atoms with Gasteiger partial charge in [-0.25, -0.2) is 8.78 Å². The molecule has 3 N–H and O–H groups in total. The summed E-state index contributed by atoms with van der Waals surface area (Å²) in [5, 5.41) is 8.68. The van der Waals surface area contributed by atoms with Crippen LogP contribution in [0.15, 0.2) is 48.5 Å². The summed E-state index contributed by atoms with van der Waals surface area (Å²) in [4.78, 5) is 25.0. The zero-order valence-electron chi connectivity index (χ0n) is 16.1. The molecule has 7 heteroatoms. The minimum atomic E-state index is -0.482. The van der Waals surface area contributed by atoms with Gasteiger partial charge >= 0.3 is 0 Å².